The second kappa shape index (κ2) is 8.13. The van der Waals surface area contributed by atoms with Crippen molar-refractivity contribution in [3.05, 3.63) is 89.5 Å². The molecule has 27 heavy (non-hydrogen) atoms. The molecular weight excluding hydrogens is 354 g/mol. The van der Waals surface area contributed by atoms with Crippen molar-refractivity contribution >= 4 is 17.5 Å². The lowest BCUT2D eigenvalue weighted by Gasteiger charge is -2.08. The Morgan fingerprint density at radius 3 is 2.56 bits per heavy atom. The van der Waals surface area contributed by atoms with E-state index in [9.17, 15) is 18.4 Å². The van der Waals surface area contributed by atoms with Gasteiger partial charge >= 0.3 is 0 Å². The minimum Gasteiger partial charge on any atom is -0.348 e. The fourth-order valence-corrected chi connectivity index (χ4v) is 2.25. The van der Waals surface area contributed by atoms with Crippen LogP contribution in [-0.4, -0.2) is 21.8 Å². The number of rotatable bonds is 5. The maximum absolute atomic E-state index is 13.2. The Morgan fingerprint density at radius 1 is 0.963 bits per heavy atom. The van der Waals surface area contributed by atoms with Gasteiger partial charge in [-0.1, -0.05) is 6.07 Å². The highest BCUT2D eigenvalue weighted by atomic mass is 19.2. The van der Waals surface area contributed by atoms with Crippen LogP contribution in [0.2, 0.25) is 0 Å². The van der Waals surface area contributed by atoms with E-state index in [4.69, 9.17) is 0 Å². The van der Waals surface area contributed by atoms with Crippen molar-refractivity contribution in [3.63, 3.8) is 0 Å². The predicted octanol–water partition coefficient (Wildman–Crippen LogP) is 2.94. The Kier molecular flexibility index (Phi) is 5.46. The van der Waals surface area contributed by atoms with Crippen molar-refractivity contribution in [2.75, 3.05) is 5.32 Å². The summed E-state index contributed by atoms with van der Waals surface area (Å²) >= 11 is 0. The maximum Gasteiger partial charge on any atom is 0.274 e. The van der Waals surface area contributed by atoms with Gasteiger partial charge in [-0.25, -0.2) is 8.78 Å². The number of aromatic nitrogens is 2. The summed E-state index contributed by atoms with van der Waals surface area (Å²) in [6.45, 7) is 0.283. The molecule has 1 aromatic carbocycles. The van der Waals surface area contributed by atoms with Gasteiger partial charge in [0, 0.05) is 42.5 Å². The van der Waals surface area contributed by atoms with E-state index in [1.807, 2.05) is 6.07 Å². The van der Waals surface area contributed by atoms with Crippen molar-refractivity contribution in [3.8, 4) is 0 Å². The van der Waals surface area contributed by atoms with Gasteiger partial charge in [-0.2, -0.15) is 0 Å². The van der Waals surface area contributed by atoms with Gasteiger partial charge in [-0.15, -0.1) is 0 Å². The van der Waals surface area contributed by atoms with Gasteiger partial charge < -0.3 is 10.6 Å². The van der Waals surface area contributed by atoms with Crippen LogP contribution in [0.1, 0.15) is 26.4 Å². The Morgan fingerprint density at radius 2 is 1.81 bits per heavy atom. The minimum absolute atomic E-state index is 0.0336. The predicted molar refractivity (Wildman–Crippen MR) is 94.0 cm³/mol. The van der Waals surface area contributed by atoms with E-state index >= 15 is 0 Å². The molecule has 2 aromatic heterocycles. The second-order valence-corrected chi connectivity index (χ2v) is 5.56. The third-order valence-corrected chi connectivity index (χ3v) is 3.61. The van der Waals surface area contributed by atoms with E-state index in [0.29, 0.717) is 0 Å². The van der Waals surface area contributed by atoms with Crippen LogP contribution >= 0.6 is 0 Å². The molecule has 3 rings (SSSR count). The van der Waals surface area contributed by atoms with Crippen LogP contribution < -0.4 is 10.6 Å². The number of nitrogens with one attached hydrogen (secondary N) is 2. The molecular formula is C19H14F2N4O2. The van der Waals surface area contributed by atoms with E-state index in [2.05, 4.69) is 20.6 Å². The van der Waals surface area contributed by atoms with Crippen molar-refractivity contribution < 1.29 is 18.4 Å². The highest BCUT2D eigenvalue weighted by Gasteiger charge is 2.13. The lowest BCUT2D eigenvalue weighted by Crippen LogP contribution is -2.23. The quantitative estimate of drug-likeness (QED) is 0.725. The summed E-state index contributed by atoms with van der Waals surface area (Å²) in [4.78, 5) is 32.4. The van der Waals surface area contributed by atoms with Crippen LogP contribution in [-0.2, 0) is 6.54 Å². The summed E-state index contributed by atoms with van der Waals surface area (Å²) < 4.78 is 26.2. The highest BCUT2D eigenvalue weighted by molar-refractivity contribution is 6.04. The number of anilines is 1. The third kappa shape index (κ3) is 4.69. The summed E-state index contributed by atoms with van der Waals surface area (Å²) in [5.41, 5.74) is 1.11. The number of pyridine rings is 2. The molecule has 0 spiro atoms. The van der Waals surface area contributed by atoms with E-state index in [1.54, 1.807) is 18.5 Å². The van der Waals surface area contributed by atoms with Crippen molar-refractivity contribution in [2.45, 2.75) is 6.54 Å². The molecule has 0 saturated carbocycles. The van der Waals surface area contributed by atoms with E-state index in [1.165, 1.54) is 24.4 Å². The van der Waals surface area contributed by atoms with Gasteiger partial charge in [-0.3, -0.25) is 19.6 Å². The zero-order valence-electron chi connectivity index (χ0n) is 13.9. The van der Waals surface area contributed by atoms with Crippen LogP contribution in [0, 0.1) is 11.6 Å². The molecule has 8 heteroatoms. The molecule has 6 nitrogen and oxygen atoms in total. The highest BCUT2D eigenvalue weighted by Crippen LogP contribution is 2.14. The van der Waals surface area contributed by atoms with Crippen LogP contribution in [0.4, 0.5) is 14.5 Å². The molecule has 0 unspecified atom stereocenters. The summed E-state index contributed by atoms with van der Waals surface area (Å²) in [6.07, 6.45) is 4.58. The fourth-order valence-electron chi connectivity index (χ4n) is 2.25. The number of carbonyl (C=O) groups excluding carboxylic acids is 2. The van der Waals surface area contributed by atoms with E-state index < -0.39 is 17.5 Å². The molecule has 0 aliphatic carbocycles. The number of nitrogens with zero attached hydrogens (tertiary/aromatic N) is 2. The molecule has 0 fully saturated rings. The largest absolute Gasteiger partial charge is 0.348 e. The Hall–Kier alpha value is -3.68. The lowest BCUT2D eigenvalue weighted by molar-refractivity contribution is 0.0950. The van der Waals surface area contributed by atoms with Crippen LogP contribution in [0.25, 0.3) is 0 Å². The average Bonchev–Trinajstić information content (AvgIpc) is 2.70. The Bertz CT molecular complexity index is 980. The monoisotopic (exact) mass is 368 g/mol. The Labute approximate surface area is 153 Å². The topological polar surface area (TPSA) is 84.0 Å². The molecule has 2 amide bonds. The van der Waals surface area contributed by atoms with Gasteiger partial charge in [0.05, 0.1) is 0 Å². The molecule has 136 valence electrons. The van der Waals surface area contributed by atoms with E-state index in [0.717, 1.165) is 17.7 Å². The molecule has 0 aliphatic heterocycles. The number of benzene rings is 1. The molecule has 0 atom stereocenters. The number of halogens is 2. The molecule has 0 saturated heterocycles. The standard InChI is InChI=1S/C19H14F2N4O2/c20-15-4-3-14(9-16(15)21)25-19(27)17-8-13(5-7-23-17)18(26)24-11-12-2-1-6-22-10-12/h1-10H,11H2,(H,24,26)(H,25,27). The van der Waals surface area contributed by atoms with Crippen LogP contribution in [0.5, 0.6) is 0 Å². The van der Waals surface area contributed by atoms with Gasteiger partial charge in [0.1, 0.15) is 5.69 Å². The number of hydrogen-bond acceptors (Lipinski definition) is 4. The fraction of sp³-hybridized carbons (Fsp3) is 0.0526. The minimum atomic E-state index is -1.08. The van der Waals surface area contributed by atoms with Gasteiger partial charge in [0.2, 0.25) is 0 Å². The first kappa shape index (κ1) is 18.1. The number of hydrogen-bond donors (Lipinski definition) is 2. The van der Waals surface area contributed by atoms with Crippen molar-refractivity contribution in [1.82, 2.24) is 15.3 Å². The van der Waals surface area contributed by atoms with Gasteiger partial charge in [0.25, 0.3) is 11.8 Å². The summed E-state index contributed by atoms with van der Waals surface area (Å²) in [7, 11) is 0. The zero-order valence-corrected chi connectivity index (χ0v) is 13.9. The van der Waals surface area contributed by atoms with Gasteiger partial charge in [0.15, 0.2) is 11.6 Å². The molecule has 3 aromatic rings. The zero-order chi connectivity index (χ0) is 19.2. The molecule has 0 bridgehead atoms. The first-order chi connectivity index (χ1) is 13.0. The first-order valence-electron chi connectivity index (χ1n) is 7.92. The second-order valence-electron chi connectivity index (χ2n) is 5.56. The Balaban J connectivity index is 1.67. The molecule has 0 radical (unpaired) electrons. The van der Waals surface area contributed by atoms with Crippen LogP contribution in [0.3, 0.4) is 0 Å². The number of carbonyl (C=O) groups is 2. The van der Waals surface area contributed by atoms with E-state index in [-0.39, 0.29) is 29.4 Å². The van der Waals surface area contributed by atoms with Crippen molar-refractivity contribution in [1.29, 1.82) is 0 Å². The number of amides is 2. The first-order valence-corrected chi connectivity index (χ1v) is 7.92. The summed E-state index contributed by atoms with van der Waals surface area (Å²) in [5, 5.41) is 5.12. The molecule has 2 heterocycles. The SMILES string of the molecule is O=C(NCc1cccnc1)c1ccnc(C(=O)Nc2ccc(F)c(F)c2)c1. The lowest BCUT2D eigenvalue weighted by atomic mass is 10.2. The average molecular weight is 368 g/mol. The normalized spacial score (nSPS) is 10.3. The summed E-state index contributed by atoms with van der Waals surface area (Å²) in [5.74, 6) is -3.13. The van der Waals surface area contributed by atoms with Crippen molar-refractivity contribution in [2.24, 2.45) is 0 Å². The van der Waals surface area contributed by atoms with Gasteiger partial charge in [-0.05, 0) is 35.9 Å². The molecule has 2 N–H and O–H groups in total. The van der Waals surface area contributed by atoms with Crippen LogP contribution in [0.15, 0.2) is 61.1 Å². The summed E-state index contributed by atoms with van der Waals surface area (Å²) in [6, 6.07) is 9.34. The maximum atomic E-state index is 13.2. The third-order valence-electron chi connectivity index (χ3n) is 3.61. The smallest absolute Gasteiger partial charge is 0.274 e. The molecule has 0 aliphatic rings.